The Hall–Kier alpha value is -1.26. The van der Waals surface area contributed by atoms with Gasteiger partial charge in [-0.15, -0.1) is 0 Å². The molecule has 1 amide bonds. The van der Waals surface area contributed by atoms with Gasteiger partial charge in [0.2, 0.25) is 5.91 Å². The van der Waals surface area contributed by atoms with Gasteiger partial charge in [-0.2, -0.15) is 0 Å². The van der Waals surface area contributed by atoms with Crippen LogP contribution in [0.1, 0.15) is 12.8 Å². The molecule has 9 heteroatoms. The first kappa shape index (κ1) is 19.7. The van der Waals surface area contributed by atoms with Crippen LogP contribution in [-0.4, -0.2) is 79.6 Å². The number of aliphatic hydroxyl groups is 1. The topological polar surface area (TPSA) is 137 Å². The molecule has 0 aromatic carbocycles. The Labute approximate surface area is 124 Å². The van der Waals surface area contributed by atoms with Crippen molar-refractivity contribution in [2.75, 3.05) is 40.4 Å². The van der Waals surface area contributed by atoms with Crippen LogP contribution in [0.25, 0.3) is 0 Å². The van der Waals surface area contributed by atoms with Crippen molar-refractivity contribution in [3.63, 3.8) is 0 Å². The van der Waals surface area contributed by atoms with E-state index in [9.17, 15) is 14.7 Å². The van der Waals surface area contributed by atoms with Crippen LogP contribution in [0.2, 0.25) is 0 Å². The van der Waals surface area contributed by atoms with Gasteiger partial charge >= 0.3 is 5.97 Å². The molecule has 0 aliphatic carbocycles. The molecule has 0 bridgehead atoms. The Morgan fingerprint density at radius 3 is 2.67 bits per heavy atom. The van der Waals surface area contributed by atoms with E-state index >= 15 is 0 Å². The van der Waals surface area contributed by atoms with Gasteiger partial charge in [-0.1, -0.05) is 0 Å². The van der Waals surface area contributed by atoms with Crippen molar-refractivity contribution in [1.82, 2.24) is 15.8 Å². The number of amides is 1. The predicted molar refractivity (Wildman–Crippen MR) is 76.4 cm³/mol. The molecule has 124 valence electrons. The van der Waals surface area contributed by atoms with Crippen LogP contribution in [0.15, 0.2) is 0 Å². The van der Waals surface area contributed by atoms with E-state index in [0.29, 0.717) is 19.7 Å². The Morgan fingerprint density at radius 2 is 2.10 bits per heavy atom. The van der Waals surface area contributed by atoms with Gasteiger partial charge in [0.15, 0.2) is 0 Å². The van der Waals surface area contributed by atoms with Crippen LogP contribution in [0.4, 0.5) is 0 Å². The Balaban J connectivity index is 3.83. The molecule has 0 heterocycles. The largest absolute Gasteiger partial charge is 0.480 e. The monoisotopic (exact) mass is 306 g/mol. The molecule has 9 nitrogen and oxygen atoms in total. The SMILES string of the molecule is COCCNC[C@H](O)C[C@@H](N)CC(=O)NN(C)CC(=O)O. The molecule has 6 N–H and O–H groups in total. The van der Waals surface area contributed by atoms with E-state index in [1.165, 1.54) is 12.1 Å². The average Bonchev–Trinajstić information content (AvgIpc) is 2.32. The lowest BCUT2D eigenvalue weighted by atomic mass is 10.1. The number of methoxy groups -OCH3 is 1. The zero-order chi connectivity index (χ0) is 16.3. The second-order valence-corrected chi connectivity index (χ2v) is 4.84. The fraction of sp³-hybridized carbons (Fsp3) is 0.833. The van der Waals surface area contributed by atoms with Crippen LogP contribution >= 0.6 is 0 Å². The van der Waals surface area contributed by atoms with Gasteiger partial charge in [0.25, 0.3) is 0 Å². The first-order valence-electron chi connectivity index (χ1n) is 6.70. The fourth-order valence-electron chi connectivity index (χ4n) is 1.70. The number of nitrogens with one attached hydrogen (secondary N) is 2. The summed E-state index contributed by atoms with van der Waals surface area (Å²) in [5, 5.41) is 22.4. The Morgan fingerprint density at radius 1 is 1.43 bits per heavy atom. The smallest absolute Gasteiger partial charge is 0.319 e. The van der Waals surface area contributed by atoms with Gasteiger partial charge in [-0.05, 0) is 6.42 Å². The summed E-state index contributed by atoms with van der Waals surface area (Å²) in [5.41, 5.74) is 8.17. The van der Waals surface area contributed by atoms with E-state index in [2.05, 4.69) is 10.7 Å². The Bertz CT molecular complexity index is 316. The first-order valence-corrected chi connectivity index (χ1v) is 6.70. The number of hydrogen-bond donors (Lipinski definition) is 5. The lowest BCUT2D eigenvalue weighted by Gasteiger charge is -2.19. The molecule has 0 aliphatic rings. The van der Waals surface area contributed by atoms with Crippen molar-refractivity contribution in [2.45, 2.75) is 25.0 Å². The minimum atomic E-state index is -1.04. The second-order valence-electron chi connectivity index (χ2n) is 4.84. The normalized spacial score (nSPS) is 14.0. The maximum absolute atomic E-state index is 11.6. The summed E-state index contributed by atoms with van der Waals surface area (Å²) in [6.07, 6.45) is -0.365. The molecule has 0 aromatic rings. The van der Waals surface area contributed by atoms with Gasteiger partial charge in [0.05, 0.1) is 12.7 Å². The van der Waals surface area contributed by atoms with E-state index < -0.39 is 18.1 Å². The third kappa shape index (κ3) is 12.2. The van der Waals surface area contributed by atoms with Crippen molar-refractivity contribution < 1.29 is 24.5 Å². The number of aliphatic hydroxyl groups excluding tert-OH is 1. The highest BCUT2D eigenvalue weighted by Gasteiger charge is 2.15. The molecule has 0 unspecified atom stereocenters. The molecule has 0 aliphatic heterocycles. The molecule has 2 atom stereocenters. The third-order valence-corrected chi connectivity index (χ3v) is 2.57. The quantitative estimate of drug-likeness (QED) is 0.201. The molecule has 0 fully saturated rings. The van der Waals surface area contributed by atoms with Crippen LogP contribution in [0.5, 0.6) is 0 Å². The maximum atomic E-state index is 11.6. The van der Waals surface area contributed by atoms with Crippen LogP contribution < -0.4 is 16.5 Å². The number of nitrogens with two attached hydrogens (primary N) is 1. The second kappa shape index (κ2) is 11.4. The lowest BCUT2D eigenvalue weighted by molar-refractivity contribution is -0.139. The Kier molecular flexibility index (Phi) is 10.7. The summed E-state index contributed by atoms with van der Waals surface area (Å²) in [4.78, 5) is 22.0. The maximum Gasteiger partial charge on any atom is 0.319 e. The molecular weight excluding hydrogens is 280 g/mol. The van der Waals surface area contributed by atoms with Gasteiger partial charge < -0.3 is 26.0 Å². The van der Waals surface area contributed by atoms with Gasteiger partial charge in [0.1, 0.15) is 6.54 Å². The predicted octanol–water partition coefficient (Wildman–Crippen LogP) is -2.26. The van der Waals surface area contributed by atoms with Crippen molar-refractivity contribution in [3.8, 4) is 0 Å². The summed E-state index contributed by atoms with van der Waals surface area (Å²) >= 11 is 0. The minimum Gasteiger partial charge on any atom is -0.480 e. The standard InChI is InChI=1S/C12H26N4O5/c1-16(8-12(19)20)15-11(18)6-9(13)5-10(17)7-14-3-4-21-2/h9-10,14,17H,3-8,13H2,1-2H3,(H,15,18)(H,19,20)/t9-,10-/m1/s1. The number of hydrogen-bond acceptors (Lipinski definition) is 7. The van der Waals surface area contributed by atoms with E-state index in [1.54, 1.807) is 7.11 Å². The van der Waals surface area contributed by atoms with E-state index in [0.717, 1.165) is 0 Å². The molecule has 0 aromatic heterocycles. The molecule has 0 radical (unpaired) electrons. The van der Waals surface area contributed by atoms with E-state index in [4.69, 9.17) is 15.6 Å². The number of carboxylic acids is 1. The van der Waals surface area contributed by atoms with Crippen molar-refractivity contribution >= 4 is 11.9 Å². The number of ether oxygens (including phenoxy) is 1. The number of rotatable bonds is 12. The van der Waals surface area contributed by atoms with Gasteiger partial charge in [0, 0.05) is 39.7 Å². The number of carboxylic acid groups (broad SMARTS) is 1. The summed E-state index contributed by atoms with van der Waals surface area (Å²) < 4.78 is 4.85. The van der Waals surface area contributed by atoms with Crippen molar-refractivity contribution in [2.24, 2.45) is 5.73 Å². The molecule has 0 saturated heterocycles. The number of hydrazine groups is 1. The van der Waals surface area contributed by atoms with Crippen LogP contribution in [0.3, 0.4) is 0 Å². The van der Waals surface area contributed by atoms with Crippen LogP contribution in [0, 0.1) is 0 Å². The average molecular weight is 306 g/mol. The molecule has 21 heavy (non-hydrogen) atoms. The highest BCUT2D eigenvalue weighted by atomic mass is 16.5. The summed E-state index contributed by atoms with van der Waals surface area (Å²) in [6, 6.07) is -0.498. The fourth-order valence-corrected chi connectivity index (χ4v) is 1.70. The minimum absolute atomic E-state index is 0.0130. The summed E-state index contributed by atoms with van der Waals surface area (Å²) in [6.45, 7) is 1.25. The van der Waals surface area contributed by atoms with Crippen LogP contribution in [-0.2, 0) is 14.3 Å². The number of aliphatic carboxylic acids is 1. The molecular formula is C12H26N4O5. The highest BCUT2D eigenvalue weighted by molar-refractivity contribution is 5.76. The highest BCUT2D eigenvalue weighted by Crippen LogP contribution is 2.00. The number of nitrogens with zero attached hydrogens (tertiary/aromatic N) is 1. The van der Waals surface area contributed by atoms with E-state index in [1.807, 2.05) is 0 Å². The molecule has 0 saturated carbocycles. The number of carbonyl (C=O) groups is 2. The first-order chi connectivity index (χ1) is 9.85. The van der Waals surface area contributed by atoms with Gasteiger partial charge in [-0.3, -0.25) is 15.0 Å². The van der Waals surface area contributed by atoms with E-state index in [-0.39, 0.29) is 25.3 Å². The van der Waals surface area contributed by atoms with Crippen molar-refractivity contribution in [3.05, 3.63) is 0 Å². The molecule has 0 rings (SSSR count). The third-order valence-electron chi connectivity index (χ3n) is 2.57. The van der Waals surface area contributed by atoms with Gasteiger partial charge in [-0.25, -0.2) is 5.01 Å². The number of carbonyl (C=O) groups excluding carboxylic acids is 1. The zero-order valence-corrected chi connectivity index (χ0v) is 12.5. The summed E-state index contributed by atoms with van der Waals surface area (Å²) in [5.74, 6) is -1.43. The number of likely N-dealkylation sites (N-methyl/N-ethyl adjacent to an activating group) is 1. The van der Waals surface area contributed by atoms with Crippen molar-refractivity contribution in [1.29, 1.82) is 0 Å². The lowest BCUT2D eigenvalue weighted by Crippen LogP contribution is -2.44. The summed E-state index contributed by atoms with van der Waals surface area (Å²) in [7, 11) is 3.04. The zero-order valence-electron chi connectivity index (χ0n) is 12.5. The molecule has 0 spiro atoms.